The average Bonchev–Trinajstić information content (AvgIpc) is 3.00. The van der Waals surface area contributed by atoms with E-state index in [4.69, 9.17) is 0 Å². The fraction of sp³-hybridized carbons (Fsp3) is 0.412. The van der Waals surface area contributed by atoms with E-state index < -0.39 is 0 Å². The maximum absolute atomic E-state index is 12.4. The zero-order chi connectivity index (χ0) is 16.1. The van der Waals surface area contributed by atoms with E-state index >= 15 is 0 Å². The second-order valence-corrected chi connectivity index (χ2v) is 6.75. The van der Waals surface area contributed by atoms with E-state index in [-0.39, 0.29) is 5.91 Å². The zero-order valence-corrected chi connectivity index (χ0v) is 14.2. The van der Waals surface area contributed by atoms with Crippen LogP contribution in [-0.4, -0.2) is 29.0 Å². The monoisotopic (exact) mass is 330 g/mol. The van der Waals surface area contributed by atoms with Crippen LogP contribution in [0.4, 0.5) is 5.69 Å². The van der Waals surface area contributed by atoms with Gasteiger partial charge < -0.3 is 5.32 Å². The number of hydrogen-bond donors (Lipinski definition) is 2. The van der Waals surface area contributed by atoms with Crippen LogP contribution < -0.4 is 10.7 Å². The molecule has 0 atom stereocenters. The van der Waals surface area contributed by atoms with Gasteiger partial charge in [-0.15, -0.1) is 11.3 Å². The number of piperidine rings is 1. The summed E-state index contributed by atoms with van der Waals surface area (Å²) in [5.41, 5.74) is 5.65. The Kier molecular flexibility index (Phi) is 5.25. The molecule has 1 amide bonds. The summed E-state index contributed by atoms with van der Waals surface area (Å²) in [5.74, 6) is -0.0411. The van der Waals surface area contributed by atoms with E-state index in [9.17, 15) is 4.79 Å². The number of thiazole rings is 1. The minimum atomic E-state index is -0.0411. The van der Waals surface area contributed by atoms with Crippen LogP contribution in [0.3, 0.4) is 0 Å². The molecule has 1 aromatic carbocycles. The molecule has 23 heavy (non-hydrogen) atoms. The minimum Gasteiger partial charge on any atom is -0.379 e. The van der Waals surface area contributed by atoms with Gasteiger partial charge in [-0.05, 0) is 38.0 Å². The number of hydrogen-bond acceptors (Lipinski definition) is 5. The summed E-state index contributed by atoms with van der Waals surface area (Å²) in [6.45, 7) is 4.54. The van der Waals surface area contributed by atoms with Gasteiger partial charge in [-0.2, -0.15) is 0 Å². The number of carbonyl (C=O) groups excluding carboxylic acids is 1. The van der Waals surface area contributed by atoms with Crippen molar-refractivity contribution in [2.75, 3.05) is 18.4 Å². The summed E-state index contributed by atoms with van der Waals surface area (Å²) in [6, 6.07) is 7.61. The molecule has 1 saturated heterocycles. The quantitative estimate of drug-likeness (QED) is 0.884. The van der Waals surface area contributed by atoms with Crippen molar-refractivity contribution >= 4 is 22.9 Å². The van der Waals surface area contributed by atoms with Crippen molar-refractivity contribution in [3.63, 3.8) is 0 Å². The number of nitrogens with zero attached hydrogens (tertiary/aromatic N) is 2. The van der Waals surface area contributed by atoms with E-state index in [0.717, 1.165) is 42.3 Å². The lowest BCUT2D eigenvalue weighted by atomic mass is 10.1. The highest BCUT2D eigenvalue weighted by Gasteiger charge is 2.14. The van der Waals surface area contributed by atoms with Crippen LogP contribution in [0.1, 0.15) is 40.3 Å². The number of nitrogens with one attached hydrogen (secondary N) is 2. The number of carbonyl (C=O) groups is 1. The molecule has 0 spiro atoms. The molecular formula is C17H22N4OS. The molecule has 2 aromatic rings. The van der Waals surface area contributed by atoms with Gasteiger partial charge in [-0.1, -0.05) is 12.5 Å². The molecule has 0 radical (unpaired) electrons. The van der Waals surface area contributed by atoms with Crippen molar-refractivity contribution < 1.29 is 4.79 Å². The molecule has 6 heteroatoms. The molecule has 0 bridgehead atoms. The Bertz CT molecular complexity index is 664. The Morgan fingerprint density at radius 2 is 2.13 bits per heavy atom. The highest BCUT2D eigenvalue weighted by molar-refractivity contribution is 7.09. The number of hydrazine groups is 1. The van der Waals surface area contributed by atoms with E-state index in [0.29, 0.717) is 12.1 Å². The minimum absolute atomic E-state index is 0.0411. The van der Waals surface area contributed by atoms with Crippen molar-refractivity contribution in [3.05, 3.63) is 45.9 Å². The lowest BCUT2D eigenvalue weighted by molar-refractivity contribution is 0.0750. The molecule has 5 nitrogen and oxygen atoms in total. The number of rotatable bonds is 5. The normalized spacial score (nSPS) is 15.3. The number of benzene rings is 1. The molecule has 3 rings (SSSR count). The standard InChI is InChI=1S/C17H22N4OS/c1-13-12-23-16(19-13)11-18-15-7-5-6-14(10-15)17(22)20-21-8-3-2-4-9-21/h5-7,10,12,18H,2-4,8-9,11H2,1H3,(H,20,22). The van der Waals surface area contributed by atoms with Crippen LogP contribution in [0.25, 0.3) is 0 Å². The Morgan fingerprint density at radius 1 is 1.30 bits per heavy atom. The molecule has 2 N–H and O–H groups in total. The second kappa shape index (κ2) is 7.57. The van der Waals surface area contributed by atoms with Crippen LogP contribution in [-0.2, 0) is 6.54 Å². The summed E-state index contributed by atoms with van der Waals surface area (Å²) >= 11 is 1.64. The van der Waals surface area contributed by atoms with Gasteiger partial charge in [0.1, 0.15) is 5.01 Å². The predicted octanol–water partition coefficient (Wildman–Crippen LogP) is 3.19. The number of amides is 1. The number of anilines is 1. The molecule has 0 saturated carbocycles. The largest absolute Gasteiger partial charge is 0.379 e. The van der Waals surface area contributed by atoms with Crippen LogP contribution in [0, 0.1) is 6.92 Å². The van der Waals surface area contributed by atoms with Crippen molar-refractivity contribution in [2.45, 2.75) is 32.7 Å². The topological polar surface area (TPSA) is 57.3 Å². The van der Waals surface area contributed by atoms with Gasteiger partial charge in [0.2, 0.25) is 0 Å². The third-order valence-electron chi connectivity index (χ3n) is 3.85. The van der Waals surface area contributed by atoms with Crippen LogP contribution in [0.2, 0.25) is 0 Å². The van der Waals surface area contributed by atoms with Gasteiger partial charge in [-0.3, -0.25) is 10.2 Å². The summed E-state index contributed by atoms with van der Waals surface area (Å²) in [5, 5.41) is 8.43. The van der Waals surface area contributed by atoms with Gasteiger partial charge in [0, 0.05) is 35.4 Å². The Labute approximate surface area is 140 Å². The van der Waals surface area contributed by atoms with Crippen LogP contribution in [0.5, 0.6) is 0 Å². The van der Waals surface area contributed by atoms with Crippen molar-refractivity contribution in [1.29, 1.82) is 0 Å². The lowest BCUT2D eigenvalue weighted by Crippen LogP contribution is -2.45. The molecule has 2 heterocycles. The van der Waals surface area contributed by atoms with E-state index in [1.54, 1.807) is 11.3 Å². The van der Waals surface area contributed by atoms with Crippen molar-refractivity contribution in [2.24, 2.45) is 0 Å². The van der Waals surface area contributed by atoms with Gasteiger partial charge in [0.25, 0.3) is 5.91 Å². The fourth-order valence-corrected chi connectivity index (χ4v) is 3.36. The average molecular weight is 330 g/mol. The first kappa shape index (κ1) is 16.0. The highest BCUT2D eigenvalue weighted by atomic mass is 32.1. The van der Waals surface area contributed by atoms with Gasteiger partial charge >= 0.3 is 0 Å². The SMILES string of the molecule is Cc1csc(CNc2cccc(C(=O)NN3CCCCC3)c2)n1. The first-order chi connectivity index (χ1) is 11.2. The molecule has 122 valence electrons. The van der Waals surface area contributed by atoms with E-state index in [1.165, 1.54) is 6.42 Å². The lowest BCUT2D eigenvalue weighted by Gasteiger charge is -2.26. The van der Waals surface area contributed by atoms with E-state index in [2.05, 4.69) is 15.7 Å². The maximum atomic E-state index is 12.4. The first-order valence-corrected chi connectivity index (χ1v) is 8.89. The van der Waals surface area contributed by atoms with E-state index in [1.807, 2.05) is 41.6 Å². The van der Waals surface area contributed by atoms with Gasteiger partial charge in [-0.25, -0.2) is 9.99 Å². The Balaban J connectivity index is 1.58. The molecule has 1 aliphatic rings. The molecule has 1 fully saturated rings. The predicted molar refractivity (Wildman–Crippen MR) is 93.5 cm³/mol. The molecule has 1 aliphatic heterocycles. The number of aryl methyl sites for hydroxylation is 1. The molecular weight excluding hydrogens is 308 g/mol. The first-order valence-electron chi connectivity index (χ1n) is 8.01. The Hall–Kier alpha value is -1.92. The molecule has 0 unspecified atom stereocenters. The van der Waals surface area contributed by atoms with Gasteiger partial charge in [0.15, 0.2) is 0 Å². The summed E-state index contributed by atoms with van der Waals surface area (Å²) in [6.07, 6.45) is 3.55. The summed E-state index contributed by atoms with van der Waals surface area (Å²) in [7, 11) is 0. The maximum Gasteiger partial charge on any atom is 0.265 e. The molecule has 0 aliphatic carbocycles. The molecule has 1 aromatic heterocycles. The van der Waals surface area contributed by atoms with Crippen molar-refractivity contribution in [1.82, 2.24) is 15.4 Å². The third-order valence-corrected chi connectivity index (χ3v) is 4.82. The summed E-state index contributed by atoms with van der Waals surface area (Å²) < 4.78 is 0. The third kappa shape index (κ3) is 4.53. The Morgan fingerprint density at radius 3 is 2.87 bits per heavy atom. The number of aromatic nitrogens is 1. The van der Waals surface area contributed by atoms with Crippen molar-refractivity contribution in [3.8, 4) is 0 Å². The summed E-state index contributed by atoms with van der Waals surface area (Å²) in [4.78, 5) is 16.8. The van der Waals surface area contributed by atoms with Crippen LogP contribution in [0.15, 0.2) is 29.6 Å². The highest BCUT2D eigenvalue weighted by Crippen LogP contribution is 2.15. The smallest absolute Gasteiger partial charge is 0.265 e. The fourth-order valence-electron chi connectivity index (χ4n) is 2.65. The second-order valence-electron chi connectivity index (χ2n) is 5.81. The van der Waals surface area contributed by atoms with Gasteiger partial charge in [0.05, 0.1) is 6.54 Å². The zero-order valence-electron chi connectivity index (χ0n) is 13.3. The van der Waals surface area contributed by atoms with Crippen LogP contribution >= 0.6 is 11.3 Å².